The Balaban J connectivity index is 1.47. The van der Waals surface area contributed by atoms with Crippen LogP contribution >= 0.6 is 23.4 Å². The zero-order valence-corrected chi connectivity index (χ0v) is 20.3. The van der Waals surface area contributed by atoms with Gasteiger partial charge in [0.05, 0.1) is 29.5 Å². The van der Waals surface area contributed by atoms with Crippen LogP contribution in [0.25, 0.3) is 22.7 Å². The van der Waals surface area contributed by atoms with Crippen LogP contribution in [-0.2, 0) is 4.79 Å². The van der Waals surface area contributed by atoms with E-state index in [0.717, 1.165) is 23.1 Å². The maximum absolute atomic E-state index is 13.2. The number of rotatable bonds is 8. The highest BCUT2D eigenvalue weighted by Gasteiger charge is 2.14. The molecule has 0 saturated heterocycles. The number of fused-ring (bicyclic) bond motifs is 1. The van der Waals surface area contributed by atoms with E-state index in [4.69, 9.17) is 16.3 Å². The molecule has 0 fully saturated rings. The second-order valence-electron chi connectivity index (χ2n) is 7.23. The SMILES string of the molecule is COc1ccccc1C=CC=NNC(=O)CSc1nc2ccccc2c(=O)n1-c1ccc(Cl)cc1. The molecule has 0 aliphatic rings. The highest BCUT2D eigenvalue weighted by atomic mass is 35.5. The number of methoxy groups -OCH3 is 1. The molecule has 4 rings (SSSR count). The first-order chi connectivity index (χ1) is 17.1. The molecule has 0 unspecified atom stereocenters. The third-order valence-electron chi connectivity index (χ3n) is 4.93. The minimum absolute atomic E-state index is 0.0198. The number of nitrogens with zero attached hydrogens (tertiary/aromatic N) is 3. The summed E-state index contributed by atoms with van der Waals surface area (Å²) < 4.78 is 6.77. The van der Waals surface area contributed by atoms with Gasteiger partial charge in [0.15, 0.2) is 5.16 Å². The average Bonchev–Trinajstić information content (AvgIpc) is 2.88. The lowest BCUT2D eigenvalue weighted by Crippen LogP contribution is -2.24. The molecule has 35 heavy (non-hydrogen) atoms. The van der Waals surface area contributed by atoms with Crippen LogP contribution in [0.3, 0.4) is 0 Å². The molecule has 3 aromatic carbocycles. The van der Waals surface area contributed by atoms with Gasteiger partial charge in [0.1, 0.15) is 5.75 Å². The zero-order valence-electron chi connectivity index (χ0n) is 18.7. The highest BCUT2D eigenvalue weighted by Crippen LogP contribution is 2.22. The van der Waals surface area contributed by atoms with Crippen molar-refractivity contribution in [1.82, 2.24) is 15.0 Å². The lowest BCUT2D eigenvalue weighted by atomic mass is 10.2. The van der Waals surface area contributed by atoms with Crippen molar-refractivity contribution >= 4 is 52.5 Å². The maximum atomic E-state index is 13.2. The van der Waals surface area contributed by atoms with Gasteiger partial charge < -0.3 is 4.74 Å². The summed E-state index contributed by atoms with van der Waals surface area (Å²) in [7, 11) is 1.61. The number of benzene rings is 3. The van der Waals surface area contributed by atoms with E-state index in [9.17, 15) is 9.59 Å². The van der Waals surface area contributed by atoms with Crippen molar-refractivity contribution in [2.75, 3.05) is 12.9 Å². The number of aromatic nitrogens is 2. The summed E-state index contributed by atoms with van der Waals surface area (Å²) in [6.07, 6.45) is 5.01. The van der Waals surface area contributed by atoms with Crippen LogP contribution in [0.4, 0.5) is 0 Å². The largest absolute Gasteiger partial charge is 0.496 e. The van der Waals surface area contributed by atoms with Crippen molar-refractivity contribution in [1.29, 1.82) is 0 Å². The first-order valence-electron chi connectivity index (χ1n) is 10.6. The number of amides is 1. The number of thioether (sulfide) groups is 1. The van der Waals surface area contributed by atoms with Crippen LogP contribution in [-0.4, -0.2) is 34.5 Å². The average molecular weight is 505 g/mol. The lowest BCUT2D eigenvalue weighted by molar-refractivity contribution is -0.118. The fourth-order valence-corrected chi connectivity index (χ4v) is 4.22. The molecule has 1 N–H and O–H groups in total. The zero-order chi connectivity index (χ0) is 24.6. The molecule has 1 heterocycles. The van der Waals surface area contributed by atoms with Gasteiger partial charge >= 0.3 is 0 Å². The van der Waals surface area contributed by atoms with Crippen LogP contribution in [0.5, 0.6) is 5.75 Å². The van der Waals surface area contributed by atoms with Crippen LogP contribution in [0.1, 0.15) is 5.56 Å². The molecule has 0 aliphatic heterocycles. The second kappa shape index (κ2) is 11.5. The Morgan fingerprint density at radius 2 is 1.86 bits per heavy atom. The third-order valence-corrected chi connectivity index (χ3v) is 6.12. The third kappa shape index (κ3) is 5.98. The smallest absolute Gasteiger partial charge is 0.266 e. The van der Waals surface area contributed by atoms with Crippen molar-refractivity contribution < 1.29 is 9.53 Å². The predicted octanol–water partition coefficient (Wildman–Crippen LogP) is 4.96. The summed E-state index contributed by atoms with van der Waals surface area (Å²) in [6, 6.07) is 21.5. The molecule has 176 valence electrons. The van der Waals surface area contributed by atoms with Crippen LogP contribution in [0.2, 0.25) is 5.02 Å². The topological polar surface area (TPSA) is 85.6 Å². The van der Waals surface area contributed by atoms with E-state index in [2.05, 4.69) is 15.5 Å². The van der Waals surface area contributed by atoms with Gasteiger partial charge in [-0.1, -0.05) is 53.7 Å². The van der Waals surface area contributed by atoms with E-state index in [1.54, 1.807) is 55.7 Å². The Labute approximate surface area is 211 Å². The fourth-order valence-electron chi connectivity index (χ4n) is 3.29. The van der Waals surface area contributed by atoms with Gasteiger partial charge in [-0.3, -0.25) is 14.2 Å². The van der Waals surface area contributed by atoms with Gasteiger partial charge in [-0.2, -0.15) is 5.10 Å². The van der Waals surface area contributed by atoms with E-state index < -0.39 is 0 Å². The molecular formula is C26H21ClN4O3S. The summed E-state index contributed by atoms with van der Waals surface area (Å²) >= 11 is 7.16. The van der Waals surface area contributed by atoms with Gasteiger partial charge in [0, 0.05) is 16.8 Å². The van der Waals surface area contributed by atoms with E-state index in [1.165, 1.54) is 10.8 Å². The fraction of sp³-hybridized carbons (Fsp3) is 0.0769. The molecular weight excluding hydrogens is 484 g/mol. The number of ether oxygens (including phenoxy) is 1. The van der Waals surface area contributed by atoms with E-state index in [1.807, 2.05) is 36.4 Å². The first-order valence-corrected chi connectivity index (χ1v) is 12.0. The Kier molecular flexibility index (Phi) is 7.97. The maximum Gasteiger partial charge on any atom is 0.266 e. The summed E-state index contributed by atoms with van der Waals surface area (Å²) in [6.45, 7) is 0. The van der Waals surface area contributed by atoms with Crippen molar-refractivity contribution in [2.24, 2.45) is 5.10 Å². The van der Waals surface area contributed by atoms with Gasteiger partial charge in [-0.15, -0.1) is 0 Å². The Hall–Kier alpha value is -3.88. The molecule has 7 nitrogen and oxygen atoms in total. The minimum atomic E-state index is -0.331. The molecule has 9 heteroatoms. The molecule has 4 aromatic rings. The summed E-state index contributed by atoms with van der Waals surface area (Å²) in [5.74, 6) is 0.431. The lowest BCUT2D eigenvalue weighted by Gasteiger charge is -2.13. The Bertz CT molecular complexity index is 1470. The number of nitrogens with one attached hydrogen (secondary N) is 1. The number of carbonyl (C=O) groups excluding carboxylic acids is 1. The van der Waals surface area contributed by atoms with E-state index >= 15 is 0 Å². The van der Waals surface area contributed by atoms with Crippen LogP contribution < -0.4 is 15.7 Å². The van der Waals surface area contributed by atoms with Crippen molar-refractivity contribution in [3.63, 3.8) is 0 Å². The predicted molar refractivity (Wildman–Crippen MR) is 142 cm³/mol. The first kappa shape index (κ1) is 24.3. The monoisotopic (exact) mass is 504 g/mol. The standard InChI is InChI=1S/C26H21ClN4O3S/c1-34-23-11-5-2-7-18(23)8-6-16-28-30-24(32)17-35-26-29-22-10-4-3-9-21(22)25(33)31(26)20-14-12-19(27)13-15-20/h2-16H,17H2,1H3,(H,30,32). The number of hydrazone groups is 1. The van der Waals surface area contributed by atoms with Crippen molar-refractivity contribution in [2.45, 2.75) is 5.16 Å². The van der Waals surface area contributed by atoms with E-state index in [0.29, 0.717) is 26.8 Å². The highest BCUT2D eigenvalue weighted by molar-refractivity contribution is 7.99. The van der Waals surface area contributed by atoms with Gasteiger partial charge in [-0.25, -0.2) is 10.4 Å². The van der Waals surface area contributed by atoms with Crippen LogP contribution in [0.15, 0.2) is 93.9 Å². The number of carbonyl (C=O) groups is 1. The van der Waals surface area contributed by atoms with Gasteiger partial charge in [0.25, 0.3) is 11.5 Å². The molecule has 1 aromatic heterocycles. The molecule has 0 spiro atoms. The summed E-state index contributed by atoms with van der Waals surface area (Å²) in [4.78, 5) is 30.2. The Morgan fingerprint density at radius 1 is 1.11 bits per heavy atom. The van der Waals surface area contributed by atoms with Crippen molar-refractivity contribution in [3.8, 4) is 11.4 Å². The van der Waals surface area contributed by atoms with Crippen molar-refractivity contribution in [3.05, 3.63) is 99.8 Å². The molecule has 0 bridgehead atoms. The summed E-state index contributed by atoms with van der Waals surface area (Å²) in [5, 5.41) is 5.38. The van der Waals surface area contributed by atoms with Gasteiger partial charge in [-0.05, 0) is 54.6 Å². The summed E-state index contributed by atoms with van der Waals surface area (Å²) in [5.41, 5.74) is 4.32. The molecule has 0 saturated carbocycles. The Morgan fingerprint density at radius 3 is 2.66 bits per heavy atom. The number of halogens is 1. The minimum Gasteiger partial charge on any atom is -0.496 e. The number of hydrogen-bond donors (Lipinski definition) is 1. The second-order valence-corrected chi connectivity index (χ2v) is 8.61. The number of para-hydroxylation sites is 2. The quantitative estimate of drug-likeness (QED) is 0.159. The molecule has 0 atom stereocenters. The molecule has 0 aliphatic carbocycles. The molecule has 1 amide bonds. The normalized spacial score (nSPS) is 11.4. The number of allylic oxidation sites excluding steroid dienone is 1. The van der Waals surface area contributed by atoms with E-state index in [-0.39, 0.29) is 17.2 Å². The van der Waals surface area contributed by atoms with Crippen LogP contribution in [0, 0.1) is 0 Å². The van der Waals surface area contributed by atoms with Gasteiger partial charge in [0.2, 0.25) is 0 Å². The number of hydrogen-bond acceptors (Lipinski definition) is 6. The molecule has 0 radical (unpaired) electrons.